The minimum Gasteiger partial charge on any atom is -0.465 e. The predicted molar refractivity (Wildman–Crippen MR) is 98.7 cm³/mol. The number of rotatable bonds is 3. The molecule has 0 saturated carbocycles. The Balaban J connectivity index is 1.82. The number of benzene rings is 1. The summed E-state index contributed by atoms with van der Waals surface area (Å²) in [7, 11) is 1.41. The second kappa shape index (κ2) is 6.68. The van der Waals surface area contributed by atoms with Crippen LogP contribution in [0.3, 0.4) is 0 Å². The van der Waals surface area contributed by atoms with E-state index in [9.17, 15) is 4.79 Å². The molecule has 23 heavy (non-hydrogen) atoms. The molecule has 0 unspecified atom stereocenters. The molecule has 0 radical (unpaired) electrons. The number of para-hydroxylation sites is 1. The highest BCUT2D eigenvalue weighted by Gasteiger charge is 2.27. The van der Waals surface area contributed by atoms with Gasteiger partial charge in [0.2, 0.25) is 0 Å². The molecule has 1 aromatic heterocycles. The molecular weight excluding hydrogens is 328 g/mol. The molecule has 0 amide bonds. The summed E-state index contributed by atoms with van der Waals surface area (Å²) in [5.41, 5.74) is 3.81. The Hall–Kier alpha value is -1.92. The number of hydrogen-bond acceptors (Lipinski definition) is 4. The number of carbonyl (C=O) groups is 1. The summed E-state index contributed by atoms with van der Waals surface area (Å²) in [4.78, 5) is 13.4. The quantitative estimate of drug-likeness (QED) is 0.646. The van der Waals surface area contributed by atoms with Gasteiger partial charge in [0, 0.05) is 10.6 Å². The zero-order valence-corrected chi connectivity index (χ0v) is 14.7. The van der Waals surface area contributed by atoms with Crippen molar-refractivity contribution in [2.45, 2.75) is 26.2 Å². The molecule has 0 bridgehead atoms. The van der Waals surface area contributed by atoms with E-state index < -0.39 is 0 Å². The van der Waals surface area contributed by atoms with Crippen molar-refractivity contribution in [2.24, 2.45) is 0 Å². The lowest BCUT2D eigenvalue weighted by Crippen LogP contribution is -2.20. The molecule has 1 aliphatic rings. The molecule has 0 aliphatic heterocycles. The van der Waals surface area contributed by atoms with Gasteiger partial charge in [0.15, 0.2) is 5.11 Å². The van der Waals surface area contributed by atoms with Gasteiger partial charge < -0.3 is 15.4 Å². The van der Waals surface area contributed by atoms with Gasteiger partial charge in [-0.1, -0.05) is 18.2 Å². The van der Waals surface area contributed by atoms with Crippen LogP contribution in [0.5, 0.6) is 0 Å². The van der Waals surface area contributed by atoms with Gasteiger partial charge in [0.1, 0.15) is 5.00 Å². The minimum absolute atomic E-state index is 0.300. The van der Waals surface area contributed by atoms with E-state index in [1.54, 1.807) is 11.3 Å². The normalized spacial score (nSPS) is 12.6. The van der Waals surface area contributed by atoms with E-state index in [4.69, 9.17) is 17.0 Å². The van der Waals surface area contributed by atoms with Crippen molar-refractivity contribution in [3.63, 3.8) is 0 Å². The van der Waals surface area contributed by atoms with Crippen LogP contribution < -0.4 is 10.6 Å². The average molecular weight is 346 g/mol. The maximum absolute atomic E-state index is 12.1. The molecule has 1 heterocycles. The van der Waals surface area contributed by atoms with Crippen molar-refractivity contribution >= 4 is 45.3 Å². The first kappa shape index (κ1) is 16.0. The number of thiocarbonyl (C=S) groups is 1. The van der Waals surface area contributed by atoms with E-state index in [-0.39, 0.29) is 5.97 Å². The van der Waals surface area contributed by atoms with Crippen LogP contribution in [0.15, 0.2) is 24.3 Å². The maximum Gasteiger partial charge on any atom is 0.341 e. The molecular formula is C17H18N2O2S2. The van der Waals surface area contributed by atoms with E-state index in [1.165, 1.54) is 12.0 Å². The SMILES string of the molecule is COC(=O)c1c(NC(=S)Nc2ccccc2C)sc2c1CCC2. The minimum atomic E-state index is -0.300. The fourth-order valence-electron chi connectivity index (χ4n) is 2.78. The number of aryl methyl sites for hydroxylation is 2. The molecule has 0 saturated heterocycles. The van der Waals surface area contributed by atoms with Gasteiger partial charge >= 0.3 is 5.97 Å². The second-order valence-electron chi connectivity index (χ2n) is 5.45. The van der Waals surface area contributed by atoms with E-state index in [0.29, 0.717) is 10.7 Å². The molecule has 1 aromatic carbocycles. The molecule has 3 rings (SSSR count). The molecule has 1 aliphatic carbocycles. The van der Waals surface area contributed by atoms with Gasteiger partial charge in [0.25, 0.3) is 0 Å². The van der Waals surface area contributed by atoms with Crippen LogP contribution in [0.4, 0.5) is 10.7 Å². The Morgan fingerprint density at radius 3 is 2.78 bits per heavy atom. The Kier molecular flexibility index (Phi) is 4.63. The van der Waals surface area contributed by atoms with Crippen molar-refractivity contribution in [3.05, 3.63) is 45.8 Å². The molecule has 120 valence electrons. The predicted octanol–water partition coefficient (Wildman–Crippen LogP) is 4.14. The fraction of sp³-hybridized carbons (Fsp3) is 0.294. The van der Waals surface area contributed by atoms with Crippen molar-refractivity contribution in [2.75, 3.05) is 17.7 Å². The Morgan fingerprint density at radius 2 is 2.04 bits per heavy atom. The number of esters is 1. The molecule has 0 fully saturated rings. The fourth-order valence-corrected chi connectivity index (χ4v) is 4.34. The summed E-state index contributed by atoms with van der Waals surface area (Å²) >= 11 is 7.00. The first-order valence-electron chi connectivity index (χ1n) is 7.46. The van der Waals surface area contributed by atoms with Gasteiger partial charge in [-0.05, 0) is 55.6 Å². The summed E-state index contributed by atoms with van der Waals surface area (Å²) in [5, 5.41) is 7.60. The number of carbonyl (C=O) groups excluding carboxylic acids is 1. The zero-order valence-electron chi connectivity index (χ0n) is 13.1. The molecule has 2 aromatic rings. The molecule has 6 heteroatoms. The number of methoxy groups -OCH3 is 1. The van der Waals surface area contributed by atoms with Crippen molar-refractivity contribution in [1.29, 1.82) is 0 Å². The standard InChI is InChI=1S/C17H18N2O2S2/c1-10-6-3-4-8-12(10)18-17(22)19-15-14(16(20)21-2)11-7-5-9-13(11)23-15/h3-4,6,8H,5,7,9H2,1-2H3,(H2,18,19,22). The molecule has 4 nitrogen and oxygen atoms in total. The van der Waals surface area contributed by atoms with Gasteiger partial charge in [-0.2, -0.15) is 0 Å². The largest absolute Gasteiger partial charge is 0.465 e. The van der Waals surface area contributed by atoms with E-state index in [1.807, 2.05) is 31.2 Å². The van der Waals surface area contributed by atoms with Crippen LogP contribution in [0.25, 0.3) is 0 Å². The van der Waals surface area contributed by atoms with E-state index >= 15 is 0 Å². The van der Waals surface area contributed by atoms with Crippen molar-refractivity contribution < 1.29 is 9.53 Å². The van der Waals surface area contributed by atoms with E-state index in [0.717, 1.165) is 41.1 Å². The maximum atomic E-state index is 12.1. The topological polar surface area (TPSA) is 50.4 Å². The smallest absolute Gasteiger partial charge is 0.341 e. The van der Waals surface area contributed by atoms with Crippen LogP contribution in [0.1, 0.15) is 32.8 Å². The number of thiophene rings is 1. The van der Waals surface area contributed by atoms with Crippen LogP contribution in [-0.4, -0.2) is 18.2 Å². The molecule has 0 spiro atoms. The third-order valence-electron chi connectivity index (χ3n) is 3.93. The summed E-state index contributed by atoms with van der Waals surface area (Å²) in [6, 6.07) is 7.93. The van der Waals surface area contributed by atoms with Crippen molar-refractivity contribution in [1.82, 2.24) is 0 Å². The number of anilines is 2. The third kappa shape index (κ3) is 3.23. The zero-order chi connectivity index (χ0) is 16.4. The average Bonchev–Trinajstić information content (AvgIpc) is 3.09. The Bertz CT molecular complexity index is 768. The lowest BCUT2D eigenvalue weighted by molar-refractivity contribution is 0.0601. The first-order chi connectivity index (χ1) is 11.1. The van der Waals surface area contributed by atoms with Gasteiger partial charge in [0.05, 0.1) is 12.7 Å². The van der Waals surface area contributed by atoms with Crippen LogP contribution >= 0.6 is 23.6 Å². The Labute approximate surface area is 144 Å². The number of hydrogen-bond donors (Lipinski definition) is 2. The summed E-state index contributed by atoms with van der Waals surface area (Å²) < 4.78 is 4.94. The van der Waals surface area contributed by atoms with E-state index in [2.05, 4.69) is 10.6 Å². The van der Waals surface area contributed by atoms with Crippen molar-refractivity contribution in [3.8, 4) is 0 Å². The Morgan fingerprint density at radius 1 is 1.26 bits per heavy atom. The van der Waals surface area contributed by atoms with Crippen LogP contribution in [0, 0.1) is 6.92 Å². The van der Waals surface area contributed by atoms with Gasteiger partial charge in [-0.3, -0.25) is 0 Å². The van der Waals surface area contributed by atoms with Gasteiger partial charge in [-0.25, -0.2) is 4.79 Å². The van der Waals surface area contributed by atoms with Crippen LogP contribution in [0.2, 0.25) is 0 Å². The second-order valence-corrected chi connectivity index (χ2v) is 6.96. The molecule has 2 N–H and O–H groups in total. The summed E-state index contributed by atoms with van der Waals surface area (Å²) in [5.74, 6) is -0.300. The highest BCUT2D eigenvalue weighted by atomic mass is 32.1. The van der Waals surface area contributed by atoms with Gasteiger partial charge in [-0.15, -0.1) is 11.3 Å². The lowest BCUT2D eigenvalue weighted by atomic mass is 10.1. The monoisotopic (exact) mass is 346 g/mol. The van der Waals surface area contributed by atoms with Crippen LogP contribution in [-0.2, 0) is 17.6 Å². The summed E-state index contributed by atoms with van der Waals surface area (Å²) in [6.07, 6.45) is 3.04. The number of fused-ring (bicyclic) bond motifs is 1. The number of ether oxygens (including phenoxy) is 1. The summed E-state index contributed by atoms with van der Waals surface area (Å²) in [6.45, 7) is 2.02. The number of nitrogens with one attached hydrogen (secondary N) is 2. The highest BCUT2D eigenvalue weighted by molar-refractivity contribution is 7.80. The first-order valence-corrected chi connectivity index (χ1v) is 8.69. The third-order valence-corrected chi connectivity index (χ3v) is 5.34. The highest BCUT2D eigenvalue weighted by Crippen LogP contribution is 2.39. The molecule has 0 atom stereocenters. The lowest BCUT2D eigenvalue weighted by Gasteiger charge is -2.12.